The lowest BCUT2D eigenvalue weighted by molar-refractivity contribution is -0.268. The summed E-state index contributed by atoms with van der Waals surface area (Å²) in [5.41, 5.74) is 6.01. The fraction of sp³-hybridized carbons (Fsp3) is 0.323. The summed E-state index contributed by atoms with van der Waals surface area (Å²) in [5, 5.41) is 21.7. The van der Waals surface area contributed by atoms with Crippen LogP contribution in [0.4, 0.5) is 0 Å². The molecule has 0 spiro atoms. The van der Waals surface area contributed by atoms with Crippen LogP contribution in [-0.2, 0) is 27.4 Å². The number of aryl methyl sites for hydroxylation is 1. The summed E-state index contributed by atoms with van der Waals surface area (Å²) in [4.78, 5) is 11.4. The van der Waals surface area contributed by atoms with Crippen LogP contribution in [0.15, 0.2) is 77.1 Å². The Labute approximate surface area is 243 Å². The van der Waals surface area contributed by atoms with Gasteiger partial charge in [0.1, 0.15) is 5.01 Å². The fourth-order valence-electron chi connectivity index (χ4n) is 4.75. The highest BCUT2D eigenvalue weighted by molar-refractivity contribution is 8.01. The second kappa shape index (κ2) is 13.1. The van der Waals surface area contributed by atoms with Crippen molar-refractivity contribution in [1.82, 2.24) is 15.5 Å². The molecule has 1 aliphatic heterocycles. The van der Waals surface area contributed by atoms with Crippen LogP contribution < -0.4 is 5.32 Å². The van der Waals surface area contributed by atoms with Gasteiger partial charge in [-0.05, 0) is 46.9 Å². The van der Waals surface area contributed by atoms with E-state index in [0.29, 0.717) is 6.54 Å². The quantitative estimate of drug-likeness (QED) is 0.229. The molecule has 2 N–H and O–H groups in total. The van der Waals surface area contributed by atoms with Crippen LogP contribution in [0.25, 0.3) is 11.1 Å². The molecule has 9 heteroatoms. The van der Waals surface area contributed by atoms with Crippen molar-refractivity contribution in [3.63, 3.8) is 0 Å². The first-order valence-corrected chi connectivity index (χ1v) is 15.1. The number of aliphatic hydroxyl groups excluding tert-OH is 1. The molecule has 7 nitrogen and oxygen atoms in total. The Bertz CT molecular complexity index is 1440. The number of hydrogen-bond donors (Lipinski definition) is 2. The van der Waals surface area contributed by atoms with Gasteiger partial charge in [-0.25, -0.2) is 0 Å². The number of aromatic nitrogens is 2. The first-order chi connectivity index (χ1) is 19.4. The highest BCUT2D eigenvalue weighted by Crippen LogP contribution is 2.43. The molecule has 1 amide bonds. The van der Waals surface area contributed by atoms with Crippen molar-refractivity contribution in [2.75, 3.05) is 5.75 Å². The first-order valence-electron chi connectivity index (χ1n) is 13.3. The molecule has 5 rings (SSSR count). The van der Waals surface area contributed by atoms with Gasteiger partial charge in [0.15, 0.2) is 10.6 Å². The van der Waals surface area contributed by atoms with E-state index in [2.05, 4.69) is 46.7 Å². The Morgan fingerprint density at radius 3 is 2.42 bits per heavy atom. The van der Waals surface area contributed by atoms with Gasteiger partial charge >= 0.3 is 0 Å². The number of rotatable bonds is 9. The second-order valence-electron chi connectivity index (χ2n) is 9.96. The van der Waals surface area contributed by atoms with Gasteiger partial charge in [-0.15, -0.1) is 10.2 Å². The molecular weight excluding hydrogens is 542 g/mol. The van der Waals surface area contributed by atoms with Gasteiger partial charge in [0.25, 0.3) is 0 Å². The normalized spacial score (nSPS) is 20.8. The average molecular weight is 576 g/mol. The Morgan fingerprint density at radius 2 is 1.73 bits per heavy atom. The predicted molar refractivity (Wildman–Crippen MR) is 158 cm³/mol. The molecule has 0 bridgehead atoms. The Kier molecular flexibility index (Phi) is 9.29. The van der Waals surface area contributed by atoms with Gasteiger partial charge in [-0.2, -0.15) is 0 Å². The smallest absolute Gasteiger partial charge is 0.217 e. The van der Waals surface area contributed by atoms with E-state index >= 15 is 0 Å². The topological polar surface area (TPSA) is 93.6 Å². The molecule has 1 saturated heterocycles. The molecule has 1 aliphatic rings. The van der Waals surface area contributed by atoms with Crippen LogP contribution in [-0.4, -0.2) is 33.1 Å². The number of ether oxygens (including phenoxy) is 2. The molecule has 0 saturated carbocycles. The van der Waals surface area contributed by atoms with Crippen molar-refractivity contribution < 1.29 is 19.4 Å². The van der Waals surface area contributed by atoms with Gasteiger partial charge in [-0.3, -0.25) is 4.79 Å². The largest absolute Gasteiger partial charge is 0.392 e. The maximum atomic E-state index is 11.4. The number of hydrogen-bond acceptors (Lipinski definition) is 8. The number of nitrogens with zero attached hydrogens (tertiary/aromatic N) is 2. The van der Waals surface area contributed by atoms with Crippen LogP contribution in [0.1, 0.15) is 53.5 Å². The van der Waals surface area contributed by atoms with E-state index in [-0.39, 0.29) is 30.6 Å². The number of nitrogens with one attached hydrogen (secondary N) is 1. The minimum atomic E-state index is -0.553. The number of aliphatic hydroxyl groups is 1. The zero-order valence-corrected chi connectivity index (χ0v) is 24.4. The summed E-state index contributed by atoms with van der Waals surface area (Å²) in [7, 11) is 0. The molecule has 208 valence electrons. The van der Waals surface area contributed by atoms with Crippen LogP contribution >= 0.6 is 23.1 Å². The van der Waals surface area contributed by atoms with Crippen LogP contribution in [0.3, 0.4) is 0 Å². The lowest BCUT2D eigenvalue weighted by Gasteiger charge is -2.41. The van der Waals surface area contributed by atoms with Gasteiger partial charge in [0.2, 0.25) is 5.91 Å². The predicted octanol–water partition coefficient (Wildman–Crippen LogP) is 6.23. The van der Waals surface area contributed by atoms with E-state index in [9.17, 15) is 9.90 Å². The molecule has 0 radical (unpaired) electrons. The van der Waals surface area contributed by atoms with Crippen molar-refractivity contribution in [3.8, 4) is 11.1 Å². The SMILES string of the molecule is CC(=O)NCc1cccc(-c2cccc([C@@H]3O[C@H](CSc4nnc(C)s4)[C@H](C)[C@H](c4ccc(CO)cc4)O3)c2)c1. The highest BCUT2D eigenvalue weighted by Gasteiger charge is 2.38. The summed E-state index contributed by atoms with van der Waals surface area (Å²) in [6, 6.07) is 24.4. The summed E-state index contributed by atoms with van der Waals surface area (Å²) in [6.45, 7) is 6.13. The maximum Gasteiger partial charge on any atom is 0.217 e. The summed E-state index contributed by atoms with van der Waals surface area (Å²) in [6.07, 6.45) is -0.819. The minimum absolute atomic E-state index is 0.00638. The van der Waals surface area contributed by atoms with Gasteiger partial charge in [0.05, 0.1) is 18.8 Å². The van der Waals surface area contributed by atoms with Crippen LogP contribution in [0.5, 0.6) is 0 Å². The van der Waals surface area contributed by atoms with E-state index in [1.807, 2.05) is 55.5 Å². The van der Waals surface area contributed by atoms with Crippen molar-refractivity contribution in [2.24, 2.45) is 5.92 Å². The standard InChI is InChI=1S/C31H33N3O4S2/c1-19-28(18-39-31-34-33-21(3)40-31)37-30(38-29(19)24-12-10-22(17-35)11-13-24)27-9-5-8-26(15-27)25-7-4-6-23(14-25)16-32-20(2)36/h4-15,19,28-30,35H,16-18H2,1-3H3,(H,32,36)/t19-,28+,29+,30+/m0/s1. The van der Waals surface area contributed by atoms with Crippen molar-refractivity contribution in [1.29, 1.82) is 0 Å². The Balaban J connectivity index is 1.41. The fourth-order valence-corrected chi connectivity index (χ4v) is 6.76. The molecule has 40 heavy (non-hydrogen) atoms. The van der Waals surface area contributed by atoms with E-state index in [1.165, 1.54) is 6.92 Å². The Morgan fingerprint density at radius 1 is 0.975 bits per heavy atom. The molecule has 1 fully saturated rings. The molecule has 3 aromatic carbocycles. The number of carbonyl (C=O) groups is 1. The molecule has 1 aromatic heterocycles. The lowest BCUT2D eigenvalue weighted by Crippen LogP contribution is -2.38. The molecule has 0 aliphatic carbocycles. The van der Waals surface area contributed by atoms with Gasteiger partial charge in [0, 0.05) is 30.7 Å². The van der Waals surface area contributed by atoms with E-state index in [1.54, 1.807) is 23.1 Å². The number of amides is 1. The third-order valence-corrected chi connectivity index (χ3v) is 9.02. The van der Waals surface area contributed by atoms with E-state index in [0.717, 1.165) is 48.5 Å². The van der Waals surface area contributed by atoms with Crippen molar-refractivity contribution in [2.45, 2.75) is 56.8 Å². The monoisotopic (exact) mass is 575 g/mol. The number of benzene rings is 3. The molecular formula is C31H33N3O4S2. The number of thioether (sulfide) groups is 1. The third-order valence-electron chi connectivity index (χ3n) is 6.96. The van der Waals surface area contributed by atoms with Crippen molar-refractivity contribution >= 4 is 29.0 Å². The van der Waals surface area contributed by atoms with E-state index in [4.69, 9.17) is 9.47 Å². The van der Waals surface area contributed by atoms with E-state index < -0.39 is 6.29 Å². The van der Waals surface area contributed by atoms with Gasteiger partial charge < -0.3 is 19.9 Å². The second-order valence-corrected chi connectivity index (χ2v) is 12.4. The minimum Gasteiger partial charge on any atom is -0.392 e. The maximum absolute atomic E-state index is 11.4. The Hall–Kier alpha value is -3.08. The first kappa shape index (κ1) is 28.4. The molecule has 4 aromatic rings. The molecule has 0 unspecified atom stereocenters. The van der Waals surface area contributed by atoms with Gasteiger partial charge in [-0.1, -0.05) is 90.7 Å². The van der Waals surface area contributed by atoms with Crippen molar-refractivity contribution in [3.05, 3.63) is 100 Å². The molecule has 4 atom stereocenters. The summed E-state index contributed by atoms with van der Waals surface area (Å²) >= 11 is 3.25. The summed E-state index contributed by atoms with van der Waals surface area (Å²) < 4.78 is 14.2. The highest BCUT2D eigenvalue weighted by atomic mass is 32.2. The molecule has 2 heterocycles. The average Bonchev–Trinajstić information content (AvgIpc) is 3.40. The zero-order valence-electron chi connectivity index (χ0n) is 22.7. The lowest BCUT2D eigenvalue weighted by atomic mass is 9.91. The van der Waals surface area contributed by atoms with Crippen LogP contribution in [0.2, 0.25) is 0 Å². The summed E-state index contributed by atoms with van der Waals surface area (Å²) in [5.74, 6) is 0.764. The van der Waals surface area contributed by atoms with Crippen LogP contribution in [0, 0.1) is 12.8 Å². The zero-order chi connectivity index (χ0) is 28.1. The number of carbonyl (C=O) groups excluding carboxylic acids is 1. The third kappa shape index (κ3) is 6.97.